The molecule has 0 spiro atoms. The van der Waals surface area contributed by atoms with Gasteiger partial charge in [0.25, 0.3) is 0 Å². The van der Waals surface area contributed by atoms with Crippen molar-refractivity contribution < 1.29 is 18.3 Å². The summed E-state index contributed by atoms with van der Waals surface area (Å²) in [6.07, 6.45) is 1.67. The topological polar surface area (TPSA) is 36.3 Å². The number of hydrogen-bond acceptors (Lipinski definition) is 3. The number of rotatable bonds is 4. The molecule has 0 unspecified atom stereocenters. The Labute approximate surface area is 139 Å². The van der Waals surface area contributed by atoms with Crippen LogP contribution in [0.15, 0.2) is 34.9 Å². The highest BCUT2D eigenvalue weighted by Gasteiger charge is 2.16. The Balaban J connectivity index is 2.17. The zero-order valence-corrected chi connectivity index (χ0v) is 14.0. The van der Waals surface area contributed by atoms with Crippen LogP contribution in [0.5, 0.6) is 5.75 Å². The van der Waals surface area contributed by atoms with Crippen molar-refractivity contribution in [1.82, 2.24) is 9.78 Å². The van der Waals surface area contributed by atoms with Crippen LogP contribution in [0.3, 0.4) is 0 Å². The van der Waals surface area contributed by atoms with Crippen molar-refractivity contribution in [2.45, 2.75) is 6.92 Å². The summed E-state index contributed by atoms with van der Waals surface area (Å²) < 4.78 is 40.0. The van der Waals surface area contributed by atoms with Crippen LogP contribution in [0, 0.1) is 18.6 Å². The molecule has 0 aliphatic heterocycles. The Morgan fingerprint density at radius 3 is 2.74 bits per heavy atom. The van der Waals surface area contributed by atoms with Crippen molar-refractivity contribution in [1.29, 1.82) is 0 Å². The monoisotopic (exact) mass is 382 g/mol. The molecule has 2 aromatic carbocycles. The van der Waals surface area contributed by atoms with E-state index < -0.39 is 11.6 Å². The van der Waals surface area contributed by atoms with Gasteiger partial charge < -0.3 is 9.47 Å². The first-order valence-corrected chi connectivity index (χ1v) is 7.55. The summed E-state index contributed by atoms with van der Waals surface area (Å²) in [5.74, 6) is -2.28. The summed E-state index contributed by atoms with van der Waals surface area (Å²) in [4.78, 5) is 0. The second-order valence-electron chi connectivity index (χ2n) is 5.01. The predicted octanol–water partition coefficient (Wildman–Crippen LogP) is 4.36. The van der Waals surface area contributed by atoms with Crippen LogP contribution >= 0.6 is 15.9 Å². The molecule has 0 saturated carbocycles. The first kappa shape index (κ1) is 15.9. The highest BCUT2D eigenvalue weighted by Crippen LogP contribution is 2.29. The lowest BCUT2D eigenvalue weighted by atomic mass is 10.1. The van der Waals surface area contributed by atoms with E-state index in [-0.39, 0.29) is 12.5 Å². The normalized spacial score (nSPS) is 11.2. The molecule has 0 N–H and O–H groups in total. The smallest absolute Gasteiger partial charge is 0.200 e. The Bertz CT molecular complexity index is 880. The number of halogens is 3. The van der Waals surface area contributed by atoms with Crippen molar-refractivity contribution in [3.8, 4) is 11.4 Å². The second-order valence-corrected chi connectivity index (χ2v) is 5.92. The number of methoxy groups -OCH3 is 1. The van der Waals surface area contributed by atoms with Gasteiger partial charge in [-0.1, -0.05) is 15.9 Å². The average Bonchev–Trinajstić information content (AvgIpc) is 2.92. The number of benzene rings is 2. The van der Waals surface area contributed by atoms with Gasteiger partial charge >= 0.3 is 0 Å². The van der Waals surface area contributed by atoms with Gasteiger partial charge in [-0.15, -0.1) is 0 Å². The van der Waals surface area contributed by atoms with Crippen LogP contribution in [0.25, 0.3) is 16.6 Å². The predicted molar refractivity (Wildman–Crippen MR) is 85.9 cm³/mol. The highest BCUT2D eigenvalue weighted by atomic mass is 79.9. The van der Waals surface area contributed by atoms with Crippen LogP contribution in [0.4, 0.5) is 8.78 Å². The first-order valence-electron chi connectivity index (χ1n) is 6.76. The van der Waals surface area contributed by atoms with Gasteiger partial charge in [0, 0.05) is 29.1 Å². The van der Waals surface area contributed by atoms with E-state index in [1.807, 2.05) is 19.1 Å². The average molecular weight is 383 g/mol. The molecule has 0 fully saturated rings. The van der Waals surface area contributed by atoms with E-state index in [1.165, 1.54) is 13.2 Å². The SMILES string of the molecule is COCOc1cc(-n2ncc3cc(Br)cc(C)c32)cc(F)c1F. The number of aromatic nitrogens is 2. The summed E-state index contributed by atoms with van der Waals surface area (Å²) >= 11 is 3.43. The maximum atomic E-state index is 13.9. The Morgan fingerprint density at radius 1 is 1.22 bits per heavy atom. The minimum atomic E-state index is -1.05. The maximum Gasteiger partial charge on any atom is 0.200 e. The maximum absolute atomic E-state index is 13.9. The summed E-state index contributed by atoms with van der Waals surface area (Å²) in [6, 6.07) is 6.32. The van der Waals surface area contributed by atoms with Crippen LogP contribution in [0.1, 0.15) is 5.56 Å². The lowest BCUT2D eigenvalue weighted by molar-refractivity contribution is 0.0478. The fourth-order valence-electron chi connectivity index (χ4n) is 2.42. The molecule has 0 radical (unpaired) electrons. The van der Waals surface area contributed by atoms with Crippen molar-refractivity contribution in [2.75, 3.05) is 13.9 Å². The molecule has 7 heteroatoms. The fourth-order valence-corrected chi connectivity index (χ4v) is 3.01. The van der Waals surface area contributed by atoms with Gasteiger partial charge in [-0.25, -0.2) is 9.07 Å². The van der Waals surface area contributed by atoms with E-state index in [9.17, 15) is 8.78 Å². The molecule has 1 aromatic heterocycles. The molecule has 3 rings (SSSR count). The zero-order valence-electron chi connectivity index (χ0n) is 12.4. The molecule has 0 atom stereocenters. The molecule has 120 valence electrons. The van der Waals surface area contributed by atoms with E-state index in [0.29, 0.717) is 5.69 Å². The number of aryl methyl sites for hydroxylation is 1. The second kappa shape index (κ2) is 6.25. The molecule has 0 aliphatic carbocycles. The lowest BCUT2D eigenvalue weighted by Crippen LogP contribution is -2.05. The van der Waals surface area contributed by atoms with Crippen molar-refractivity contribution in [3.05, 3.63) is 52.1 Å². The molecule has 4 nitrogen and oxygen atoms in total. The van der Waals surface area contributed by atoms with Crippen molar-refractivity contribution in [3.63, 3.8) is 0 Å². The molecular weight excluding hydrogens is 370 g/mol. The van der Waals surface area contributed by atoms with Gasteiger partial charge in [-0.3, -0.25) is 0 Å². The van der Waals surface area contributed by atoms with Gasteiger partial charge in [0.1, 0.15) is 0 Å². The number of hydrogen-bond donors (Lipinski definition) is 0. The summed E-state index contributed by atoms with van der Waals surface area (Å²) in [5, 5.41) is 5.17. The van der Waals surface area contributed by atoms with Crippen LogP contribution in [0.2, 0.25) is 0 Å². The summed E-state index contributed by atoms with van der Waals surface area (Å²) in [5.41, 5.74) is 2.14. The first-order chi connectivity index (χ1) is 11.0. The Morgan fingerprint density at radius 2 is 2.00 bits per heavy atom. The van der Waals surface area contributed by atoms with Crippen LogP contribution in [-0.2, 0) is 4.74 Å². The molecule has 0 aliphatic rings. The van der Waals surface area contributed by atoms with E-state index in [4.69, 9.17) is 9.47 Å². The summed E-state index contributed by atoms with van der Waals surface area (Å²) in [7, 11) is 1.40. The fraction of sp³-hybridized carbons (Fsp3) is 0.188. The third-order valence-electron chi connectivity index (χ3n) is 3.38. The van der Waals surface area contributed by atoms with E-state index >= 15 is 0 Å². The van der Waals surface area contributed by atoms with E-state index in [1.54, 1.807) is 10.9 Å². The van der Waals surface area contributed by atoms with Gasteiger partial charge in [0.2, 0.25) is 5.82 Å². The summed E-state index contributed by atoms with van der Waals surface area (Å²) in [6.45, 7) is 1.75. The number of ether oxygens (including phenoxy) is 2. The third-order valence-corrected chi connectivity index (χ3v) is 3.83. The Hall–Kier alpha value is -1.99. The number of nitrogens with zero attached hydrogens (tertiary/aromatic N) is 2. The largest absolute Gasteiger partial charge is 0.464 e. The van der Waals surface area contributed by atoms with Gasteiger partial charge in [-0.05, 0) is 24.6 Å². The molecule has 3 aromatic rings. The zero-order chi connectivity index (χ0) is 16.6. The molecule has 23 heavy (non-hydrogen) atoms. The lowest BCUT2D eigenvalue weighted by Gasteiger charge is -2.11. The molecule has 1 heterocycles. The van der Waals surface area contributed by atoms with Crippen molar-refractivity contribution >= 4 is 26.8 Å². The number of fused-ring (bicyclic) bond motifs is 1. The molecule has 0 amide bonds. The minimum absolute atomic E-state index is 0.175. The third kappa shape index (κ3) is 2.94. The molecule has 0 bridgehead atoms. The van der Waals surface area contributed by atoms with Crippen LogP contribution in [-0.4, -0.2) is 23.7 Å². The molecule has 0 saturated heterocycles. The molecular formula is C16H13BrF2N2O2. The van der Waals surface area contributed by atoms with E-state index in [0.717, 1.165) is 27.0 Å². The standard InChI is InChI=1S/C16H13BrF2N2O2/c1-9-3-11(17)4-10-7-20-21(16(9)10)12-5-13(18)15(19)14(6-12)23-8-22-2/h3-7H,8H2,1-2H3. The van der Waals surface area contributed by atoms with Crippen molar-refractivity contribution in [2.24, 2.45) is 0 Å². The minimum Gasteiger partial charge on any atom is -0.464 e. The van der Waals surface area contributed by atoms with E-state index in [2.05, 4.69) is 21.0 Å². The highest BCUT2D eigenvalue weighted by molar-refractivity contribution is 9.10. The quantitative estimate of drug-likeness (QED) is 0.629. The van der Waals surface area contributed by atoms with Gasteiger partial charge in [-0.2, -0.15) is 9.49 Å². The van der Waals surface area contributed by atoms with Crippen LogP contribution < -0.4 is 4.74 Å². The Kier molecular flexibility index (Phi) is 4.32. The van der Waals surface area contributed by atoms with Gasteiger partial charge in [0.15, 0.2) is 18.4 Å². The van der Waals surface area contributed by atoms with Gasteiger partial charge in [0.05, 0.1) is 17.4 Å².